The van der Waals surface area contributed by atoms with E-state index in [-0.39, 0.29) is 17.9 Å². The Hall–Kier alpha value is -1.32. The minimum Gasteiger partial charge on any atom is -0.463 e. The van der Waals surface area contributed by atoms with Gasteiger partial charge >= 0.3 is 11.9 Å². The molecule has 4 heteroatoms. The Morgan fingerprint density at radius 1 is 0.818 bits per heavy atom. The fourth-order valence-corrected chi connectivity index (χ4v) is 2.28. The monoisotopic (exact) mass is 312 g/mol. The van der Waals surface area contributed by atoms with E-state index in [1.807, 2.05) is 13.8 Å². The maximum atomic E-state index is 12.3. The Morgan fingerprint density at radius 2 is 1.36 bits per heavy atom. The van der Waals surface area contributed by atoms with Crippen molar-refractivity contribution in [2.75, 3.05) is 13.2 Å². The van der Waals surface area contributed by atoms with Crippen LogP contribution in [0.15, 0.2) is 11.1 Å². The predicted octanol–water partition coefficient (Wildman–Crippen LogP) is 4.43. The molecule has 0 aliphatic rings. The summed E-state index contributed by atoms with van der Waals surface area (Å²) in [6.45, 7) is 10.4. The van der Waals surface area contributed by atoms with Crippen LogP contribution >= 0.6 is 0 Å². The highest BCUT2D eigenvalue weighted by Crippen LogP contribution is 2.23. The van der Waals surface area contributed by atoms with Crippen LogP contribution in [0.4, 0.5) is 0 Å². The Balaban J connectivity index is 5.32. The number of rotatable bonds is 11. The lowest BCUT2D eigenvalue weighted by Crippen LogP contribution is -2.18. The van der Waals surface area contributed by atoms with Gasteiger partial charge in [-0.3, -0.25) is 0 Å². The lowest BCUT2D eigenvalue weighted by Gasteiger charge is -2.15. The number of unbranched alkanes of at least 4 members (excludes halogenated alkanes) is 3. The molecule has 0 rings (SSSR count). The second kappa shape index (κ2) is 12.2. The molecule has 0 fully saturated rings. The molecule has 0 aliphatic heterocycles. The first kappa shape index (κ1) is 20.7. The highest BCUT2D eigenvalue weighted by molar-refractivity contribution is 6.00. The van der Waals surface area contributed by atoms with Gasteiger partial charge in [0, 0.05) is 11.1 Å². The topological polar surface area (TPSA) is 52.6 Å². The second-order valence-corrected chi connectivity index (χ2v) is 5.81. The van der Waals surface area contributed by atoms with E-state index in [1.165, 1.54) is 0 Å². The lowest BCUT2D eigenvalue weighted by molar-refractivity contribution is -0.142. The Labute approximate surface area is 135 Å². The summed E-state index contributed by atoms with van der Waals surface area (Å²) in [5.74, 6) is -0.475. The van der Waals surface area contributed by atoms with E-state index in [2.05, 4.69) is 6.92 Å². The van der Waals surface area contributed by atoms with Crippen LogP contribution in [0.1, 0.15) is 73.1 Å². The molecular formula is C18H32O4. The number of hydrogen-bond donors (Lipinski definition) is 0. The third kappa shape index (κ3) is 8.20. The molecule has 0 heterocycles. The van der Waals surface area contributed by atoms with Crippen molar-refractivity contribution in [3.05, 3.63) is 11.1 Å². The standard InChI is InChI=1S/C18H32O4/c1-6-9-10-11-12-15(17(19)21-7-2)16(13-14(4)5)18(20)22-8-3/h14H,6-13H2,1-5H3. The van der Waals surface area contributed by atoms with Gasteiger partial charge in [0.25, 0.3) is 0 Å². The van der Waals surface area contributed by atoms with E-state index in [4.69, 9.17) is 9.47 Å². The first-order valence-electron chi connectivity index (χ1n) is 8.54. The first-order valence-corrected chi connectivity index (χ1v) is 8.54. The summed E-state index contributed by atoms with van der Waals surface area (Å²) in [6, 6.07) is 0. The highest BCUT2D eigenvalue weighted by atomic mass is 16.5. The first-order chi connectivity index (χ1) is 10.5. The predicted molar refractivity (Wildman–Crippen MR) is 88.5 cm³/mol. The minimum absolute atomic E-state index is 0.277. The fourth-order valence-electron chi connectivity index (χ4n) is 2.28. The van der Waals surface area contributed by atoms with E-state index in [0.29, 0.717) is 37.2 Å². The van der Waals surface area contributed by atoms with Crippen molar-refractivity contribution in [1.82, 2.24) is 0 Å². The van der Waals surface area contributed by atoms with Crippen molar-refractivity contribution in [2.24, 2.45) is 5.92 Å². The zero-order chi connectivity index (χ0) is 17.0. The van der Waals surface area contributed by atoms with Crippen LogP contribution in [-0.4, -0.2) is 25.2 Å². The van der Waals surface area contributed by atoms with Gasteiger partial charge in [-0.25, -0.2) is 9.59 Å². The van der Waals surface area contributed by atoms with Gasteiger partial charge in [0.2, 0.25) is 0 Å². The summed E-state index contributed by atoms with van der Waals surface area (Å²) in [6.07, 6.45) is 5.34. The van der Waals surface area contributed by atoms with E-state index in [0.717, 1.165) is 25.7 Å². The Morgan fingerprint density at radius 3 is 1.82 bits per heavy atom. The van der Waals surface area contributed by atoms with Gasteiger partial charge < -0.3 is 9.47 Å². The van der Waals surface area contributed by atoms with Crippen LogP contribution in [0.5, 0.6) is 0 Å². The lowest BCUT2D eigenvalue weighted by atomic mass is 9.94. The van der Waals surface area contributed by atoms with Crippen molar-refractivity contribution >= 4 is 11.9 Å². The van der Waals surface area contributed by atoms with Gasteiger partial charge in [0.15, 0.2) is 0 Å². The van der Waals surface area contributed by atoms with Gasteiger partial charge in [-0.15, -0.1) is 0 Å². The summed E-state index contributed by atoms with van der Waals surface area (Å²) in [5.41, 5.74) is 0.997. The number of ether oxygens (including phenoxy) is 2. The normalized spacial score (nSPS) is 12.1. The molecule has 0 amide bonds. The summed E-state index contributed by atoms with van der Waals surface area (Å²) in [5, 5.41) is 0. The maximum Gasteiger partial charge on any atom is 0.334 e. The highest BCUT2D eigenvalue weighted by Gasteiger charge is 2.23. The molecule has 0 atom stereocenters. The average Bonchev–Trinajstić information content (AvgIpc) is 2.45. The van der Waals surface area contributed by atoms with Gasteiger partial charge in [0.1, 0.15) is 0 Å². The van der Waals surface area contributed by atoms with E-state index >= 15 is 0 Å². The number of carbonyl (C=O) groups is 2. The molecule has 0 saturated carbocycles. The van der Waals surface area contributed by atoms with E-state index < -0.39 is 0 Å². The number of hydrogen-bond acceptors (Lipinski definition) is 4. The fraction of sp³-hybridized carbons (Fsp3) is 0.778. The summed E-state index contributed by atoms with van der Waals surface area (Å²) in [4.78, 5) is 24.5. The van der Waals surface area contributed by atoms with Crippen LogP contribution in [-0.2, 0) is 19.1 Å². The van der Waals surface area contributed by atoms with Crippen LogP contribution in [0.2, 0.25) is 0 Å². The molecule has 0 N–H and O–H groups in total. The molecular weight excluding hydrogens is 280 g/mol. The van der Waals surface area contributed by atoms with Crippen molar-refractivity contribution < 1.29 is 19.1 Å². The van der Waals surface area contributed by atoms with E-state index in [9.17, 15) is 9.59 Å². The molecule has 0 aliphatic carbocycles. The molecule has 0 aromatic carbocycles. The van der Waals surface area contributed by atoms with Gasteiger partial charge in [-0.1, -0.05) is 40.0 Å². The van der Waals surface area contributed by atoms with Crippen LogP contribution in [0, 0.1) is 5.92 Å². The van der Waals surface area contributed by atoms with Crippen molar-refractivity contribution in [3.8, 4) is 0 Å². The molecule has 0 aromatic rings. The van der Waals surface area contributed by atoms with Gasteiger partial charge in [0.05, 0.1) is 13.2 Å². The maximum absolute atomic E-state index is 12.3. The summed E-state index contributed by atoms with van der Waals surface area (Å²) >= 11 is 0. The SMILES string of the molecule is CCCCCCC(C(=O)OCC)=C(CC(C)C)C(=O)OCC. The molecule has 22 heavy (non-hydrogen) atoms. The molecule has 0 aromatic heterocycles. The number of esters is 2. The van der Waals surface area contributed by atoms with Crippen molar-refractivity contribution in [3.63, 3.8) is 0 Å². The Kier molecular flexibility index (Phi) is 11.5. The Bertz CT molecular complexity index is 369. The van der Waals surface area contributed by atoms with Crippen molar-refractivity contribution in [2.45, 2.75) is 73.1 Å². The quantitative estimate of drug-likeness (QED) is 0.322. The summed E-state index contributed by atoms with van der Waals surface area (Å²) < 4.78 is 10.3. The van der Waals surface area contributed by atoms with Gasteiger partial charge in [-0.05, 0) is 39.0 Å². The third-order valence-corrected chi connectivity index (χ3v) is 3.30. The zero-order valence-corrected chi connectivity index (χ0v) is 14.9. The molecule has 4 nitrogen and oxygen atoms in total. The largest absolute Gasteiger partial charge is 0.463 e. The molecule has 0 bridgehead atoms. The number of carbonyl (C=O) groups excluding carboxylic acids is 2. The average molecular weight is 312 g/mol. The molecule has 128 valence electrons. The zero-order valence-electron chi connectivity index (χ0n) is 14.9. The third-order valence-electron chi connectivity index (χ3n) is 3.30. The van der Waals surface area contributed by atoms with E-state index in [1.54, 1.807) is 13.8 Å². The molecule has 0 spiro atoms. The van der Waals surface area contributed by atoms with Crippen LogP contribution in [0.25, 0.3) is 0 Å². The van der Waals surface area contributed by atoms with Crippen LogP contribution < -0.4 is 0 Å². The second-order valence-electron chi connectivity index (χ2n) is 5.81. The molecule has 0 saturated heterocycles. The smallest absolute Gasteiger partial charge is 0.334 e. The summed E-state index contributed by atoms with van der Waals surface area (Å²) in [7, 11) is 0. The minimum atomic E-state index is -0.380. The van der Waals surface area contributed by atoms with Crippen LogP contribution in [0.3, 0.4) is 0 Å². The van der Waals surface area contributed by atoms with Crippen molar-refractivity contribution in [1.29, 1.82) is 0 Å². The molecule has 0 radical (unpaired) electrons. The van der Waals surface area contributed by atoms with Gasteiger partial charge in [-0.2, -0.15) is 0 Å². The molecule has 0 unspecified atom stereocenters.